The number of hydrogen-bond donors (Lipinski definition) is 0. The fourth-order valence-electron chi connectivity index (χ4n) is 5.62. The molecule has 2 aliphatic rings. The monoisotopic (exact) mass is 461 g/mol. The summed E-state index contributed by atoms with van der Waals surface area (Å²) in [6.07, 6.45) is 2.28. The van der Waals surface area contributed by atoms with Crippen LogP contribution in [-0.4, -0.2) is 50.6 Å². The highest BCUT2D eigenvalue weighted by atomic mass is 16.5. The maximum absolute atomic E-state index is 14.1. The van der Waals surface area contributed by atoms with E-state index in [4.69, 9.17) is 18.6 Å². The van der Waals surface area contributed by atoms with Gasteiger partial charge in [-0.1, -0.05) is 30.3 Å². The average Bonchev–Trinajstić information content (AvgIpc) is 3.53. The number of hydrogen-bond acceptors (Lipinski definition) is 7. The normalized spacial score (nSPS) is 23.6. The quantitative estimate of drug-likeness (QED) is 0.405. The summed E-state index contributed by atoms with van der Waals surface area (Å²) in [6.45, 7) is 0.600. The summed E-state index contributed by atoms with van der Waals surface area (Å²) in [5, 5.41) is 0. The molecule has 0 saturated carbocycles. The van der Waals surface area contributed by atoms with Gasteiger partial charge in [0.15, 0.2) is 17.3 Å². The van der Waals surface area contributed by atoms with Crippen LogP contribution in [-0.2, 0) is 16.0 Å². The molecule has 0 radical (unpaired) electrons. The molecule has 3 heterocycles. The van der Waals surface area contributed by atoms with Crippen LogP contribution in [0.1, 0.15) is 39.2 Å². The second-order valence-corrected chi connectivity index (χ2v) is 8.60. The van der Waals surface area contributed by atoms with Gasteiger partial charge in [0, 0.05) is 18.2 Å². The van der Waals surface area contributed by atoms with Crippen LogP contribution in [0, 0.1) is 5.92 Å². The van der Waals surface area contributed by atoms with Crippen molar-refractivity contribution in [3.05, 3.63) is 83.3 Å². The second kappa shape index (κ2) is 8.99. The largest absolute Gasteiger partial charge is 0.493 e. The van der Waals surface area contributed by atoms with Crippen LogP contribution >= 0.6 is 0 Å². The minimum Gasteiger partial charge on any atom is -0.493 e. The average molecular weight is 462 g/mol. The van der Waals surface area contributed by atoms with E-state index in [1.54, 1.807) is 26.5 Å². The lowest BCUT2D eigenvalue weighted by Crippen LogP contribution is -2.43. The van der Waals surface area contributed by atoms with Gasteiger partial charge in [0.2, 0.25) is 0 Å². The van der Waals surface area contributed by atoms with Crippen LogP contribution in [0.25, 0.3) is 0 Å². The predicted octanol–water partition coefficient (Wildman–Crippen LogP) is 4.03. The molecule has 1 fully saturated rings. The molecule has 0 amide bonds. The summed E-state index contributed by atoms with van der Waals surface area (Å²) in [7, 11) is 4.58. The highest BCUT2D eigenvalue weighted by Gasteiger charge is 2.58. The Morgan fingerprint density at radius 3 is 2.35 bits per heavy atom. The van der Waals surface area contributed by atoms with E-state index in [9.17, 15) is 9.59 Å². The first-order valence-corrected chi connectivity index (χ1v) is 11.3. The first-order valence-electron chi connectivity index (χ1n) is 11.3. The molecular formula is C27H27NO6. The number of nitrogens with zero attached hydrogens (tertiary/aromatic N) is 1. The Bertz CT molecular complexity index is 1190. The van der Waals surface area contributed by atoms with Crippen LogP contribution in [0.4, 0.5) is 0 Å². The van der Waals surface area contributed by atoms with Gasteiger partial charge in [-0.2, -0.15) is 0 Å². The molecule has 7 nitrogen and oxygen atoms in total. The van der Waals surface area contributed by atoms with Crippen molar-refractivity contribution in [2.24, 2.45) is 5.92 Å². The molecule has 2 aliphatic heterocycles. The molecule has 5 rings (SSSR count). The topological polar surface area (TPSA) is 78.2 Å². The molecule has 1 aromatic heterocycles. The Balaban J connectivity index is 1.72. The molecule has 176 valence electrons. The summed E-state index contributed by atoms with van der Waals surface area (Å²) in [4.78, 5) is 29.3. The van der Waals surface area contributed by atoms with Crippen molar-refractivity contribution in [2.45, 2.75) is 24.4 Å². The van der Waals surface area contributed by atoms with Gasteiger partial charge < -0.3 is 18.6 Å². The van der Waals surface area contributed by atoms with Gasteiger partial charge in [-0.3, -0.25) is 14.5 Å². The Kier molecular flexibility index (Phi) is 5.87. The number of benzene rings is 2. The third kappa shape index (κ3) is 3.47. The zero-order valence-electron chi connectivity index (χ0n) is 19.4. The van der Waals surface area contributed by atoms with Crippen molar-refractivity contribution in [1.29, 1.82) is 0 Å². The number of rotatable bonds is 6. The van der Waals surface area contributed by atoms with Crippen molar-refractivity contribution in [3.63, 3.8) is 0 Å². The Morgan fingerprint density at radius 2 is 1.71 bits per heavy atom. The van der Waals surface area contributed by atoms with E-state index in [-0.39, 0.29) is 17.8 Å². The maximum Gasteiger partial charge on any atom is 0.323 e. The number of esters is 1. The van der Waals surface area contributed by atoms with E-state index in [1.807, 2.05) is 48.5 Å². The van der Waals surface area contributed by atoms with Crippen molar-refractivity contribution in [1.82, 2.24) is 4.90 Å². The van der Waals surface area contributed by atoms with Crippen LogP contribution < -0.4 is 9.47 Å². The summed E-state index contributed by atoms with van der Waals surface area (Å²) >= 11 is 0. The van der Waals surface area contributed by atoms with Crippen LogP contribution in [0.5, 0.6) is 11.5 Å². The molecule has 3 aromatic rings. The number of furan rings is 1. The van der Waals surface area contributed by atoms with Gasteiger partial charge >= 0.3 is 5.97 Å². The molecule has 4 atom stereocenters. The highest BCUT2D eigenvalue weighted by Crippen LogP contribution is 2.54. The number of methoxy groups -OCH3 is 3. The predicted molar refractivity (Wildman–Crippen MR) is 124 cm³/mol. The molecule has 0 N–H and O–H groups in total. The lowest BCUT2D eigenvalue weighted by molar-refractivity contribution is -0.147. The van der Waals surface area contributed by atoms with Gasteiger partial charge in [0.1, 0.15) is 11.8 Å². The molecule has 7 heteroatoms. The van der Waals surface area contributed by atoms with Crippen LogP contribution in [0.15, 0.2) is 65.3 Å². The fraction of sp³-hybridized carbons (Fsp3) is 0.333. The number of carbonyl (C=O) groups is 2. The van der Waals surface area contributed by atoms with Crippen molar-refractivity contribution in [2.75, 3.05) is 27.9 Å². The van der Waals surface area contributed by atoms with E-state index in [1.165, 1.54) is 7.11 Å². The van der Waals surface area contributed by atoms with E-state index in [0.29, 0.717) is 35.8 Å². The fourth-order valence-corrected chi connectivity index (χ4v) is 5.62. The van der Waals surface area contributed by atoms with Crippen molar-refractivity contribution in [3.8, 4) is 11.5 Å². The van der Waals surface area contributed by atoms with Gasteiger partial charge in [0.25, 0.3) is 0 Å². The van der Waals surface area contributed by atoms with E-state index < -0.39 is 17.9 Å². The summed E-state index contributed by atoms with van der Waals surface area (Å²) in [6, 6.07) is 15.7. The molecule has 0 bridgehead atoms. The van der Waals surface area contributed by atoms with Crippen LogP contribution in [0.3, 0.4) is 0 Å². The van der Waals surface area contributed by atoms with E-state index >= 15 is 0 Å². The van der Waals surface area contributed by atoms with Crippen molar-refractivity contribution < 1.29 is 28.2 Å². The van der Waals surface area contributed by atoms with Gasteiger partial charge in [-0.25, -0.2) is 0 Å². The van der Waals surface area contributed by atoms with E-state index in [0.717, 1.165) is 11.1 Å². The smallest absolute Gasteiger partial charge is 0.323 e. The summed E-state index contributed by atoms with van der Waals surface area (Å²) < 4.78 is 22.1. The zero-order chi connectivity index (χ0) is 23.8. The standard InChI is InChI=1S/C27H27NO6/c1-31-20-14-17-11-12-28-24(18(17)15-21(20)32-2)23(26(29)16-8-5-4-6-9-16)22(19-10-7-13-34-19)25(28)27(30)33-3/h4-10,13-15,22-25H,11-12H2,1-3H3/t22-,23-,24-,25+/m1/s1. The van der Waals surface area contributed by atoms with Gasteiger partial charge in [-0.05, 0) is 41.8 Å². The Labute approximate surface area is 198 Å². The minimum absolute atomic E-state index is 0.0361. The highest BCUT2D eigenvalue weighted by molar-refractivity contribution is 6.00. The molecule has 34 heavy (non-hydrogen) atoms. The minimum atomic E-state index is -0.653. The summed E-state index contributed by atoms with van der Waals surface area (Å²) in [5.74, 6) is 0.357. The van der Waals surface area contributed by atoms with Gasteiger partial charge in [0.05, 0.1) is 39.4 Å². The lowest BCUT2D eigenvalue weighted by Gasteiger charge is -2.36. The first kappa shape index (κ1) is 22.2. The third-order valence-electron chi connectivity index (χ3n) is 7.06. The number of Topliss-reactive ketones (excluding diaryl/α,β-unsaturated/α-hetero) is 1. The number of carbonyl (C=O) groups excluding carboxylic acids is 2. The Morgan fingerprint density at radius 1 is 0.971 bits per heavy atom. The summed E-state index contributed by atoms with van der Waals surface area (Å²) in [5.41, 5.74) is 2.64. The second-order valence-electron chi connectivity index (χ2n) is 8.60. The molecular weight excluding hydrogens is 434 g/mol. The van der Waals surface area contributed by atoms with Gasteiger partial charge in [-0.15, -0.1) is 0 Å². The number of ether oxygens (including phenoxy) is 3. The SMILES string of the molecule is COC(=O)[C@@H]1[C@H](c2ccco2)[C@@H](C(=O)c2ccccc2)[C@H]2c3cc(OC)c(OC)cc3CCN12. The molecule has 0 unspecified atom stereocenters. The van der Waals surface area contributed by atoms with Crippen molar-refractivity contribution >= 4 is 11.8 Å². The third-order valence-corrected chi connectivity index (χ3v) is 7.06. The zero-order valence-corrected chi connectivity index (χ0v) is 19.4. The molecule has 0 aliphatic carbocycles. The molecule has 1 saturated heterocycles. The van der Waals surface area contributed by atoms with E-state index in [2.05, 4.69) is 4.90 Å². The number of fused-ring (bicyclic) bond motifs is 3. The molecule has 0 spiro atoms. The Hall–Kier alpha value is -3.58. The maximum atomic E-state index is 14.1. The number of ketones is 1. The lowest BCUT2D eigenvalue weighted by atomic mass is 9.77. The van der Waals surface area contributed by atoms with Crippen LogP contribution in [0.2, 0.25) is 0 Å². The molecule has 2 aromatic carbocycles. The first-order chi connectivity index (χ1) is 16.6.